The van der Waals surface area contributed by atoms with Gasteiger partial charge < -0.3 is 10.2 Å². The number of carbonyl (C=O) groups excluding carboxylic acids is 1. The van der Waals surface area contributed by atoms with Crippen LogP contribution in [0, 0.1) is 0 Å². The van der Waals surface area contributed by atoms with Crippen LogP contribution in [0.15, 0.2) is 18.3 Å². The molecule has 1 unspecified atom stereocenters. The van der Waals surface area contributed by atoms with Gasteiger partial charge >= 0.3 is 6.18 Å². The van der Waals surface area contributed by atoms with Crippen molar-refractivity contribution in [3.05, 3.63) is 23.9 Å². The van der Waals surface area contributed by atoms with Crippen molar-refractivity contribution in [1.82, 2.24) is 15.2 Å². The van der Waals surface area contributed by atoms with Crippen LogP contribution in [0.2, 0.25) is 0 Å². The van der Waals surface area contributed by atoms with Crippen LogP contribution in [0.3, 0.4) is 0 Å². The maximum absolute atomic E-state index is 12.6. The van der Waals surface area contributed by atoms with Crippen molar-refractivity contribution in [1.29, 1.82) is 0 Å². The van der Waals surface area contributed by atoms with Crippen molar-refractivity contribution in [2.24, 2.45) is 0 Å². The van der Waals surface area contributed by atoms with Crippen LogP contribution in [0.4, 0.5) is 19.0 Å². The number of halogens is 3. The maximum atomic E-state index is 12.6. The van der Waals surface area contributed by atoms with Gasteiger partial charge in [0, 0.05) is 38.4 Å². The average molecular weight is 386 g/mol. The minimum atomic E-state index is -4.37. The molecule has 1 amide bonds. The Hall–Kier alpha value is -1.83. The van der Waals surface area contributed by atoms with E-state index in [1.807, 2.05) is 11.8 Å². The van der Waals surface area contributed by atoms with E-state index in [9.17, 15) is 18.0 Å². The lowest BCUT2D eigenvalue weighted by molar-refractivity contribution is -0.137. The summed E-state index contributed by atoms with van der Waals surface area (Å²) >= 11 is 0. The van der Waals surface area contributed by atoms with Gasteiger partial charge in [-0.3, -0.25) is 9.69 Å². The first-order valence-corrected chi connectivity index (χ1v) is 9.59. The third-order valence-electron chi connectivity index (χ3n) is 4.79. The predicted molar refractivity (Wildman–Crippen MR) is 99.6 cm³/mol. The number of pyridine rings is 1. The summed E-state index contributed by atoms with van der Waals surface area (Å²) in [4.78, 5) is 20.1. The van der Waals surface area contributed by atoms with E-state index in [1.165, 1.54) is 18.9 Å². The average Bonchev–Trinajstić information content (AvgIpc) is 2.62. The van der Waals surface area contributed by atoms with Gasteiger partial charge in [-0.1, -0.05) is 26.2 Å². The van der Waals surface area contributed by atoms with E-state index >= 15 is 0 Å². The summed E-state index contributed by atoms with van der Waals surface area (Å²) < 4.78 is 37.8. The van der Waals surface area contributed by atoms with Crippen LogP contribution in [-0.2, 0) is 11.0 Å². The number of nitrogens with zero attached hydrogens (tertiary/aromatic N) is 3. The molecule has 1 fully saturated rings. The second kappa shape index (κ2) is 9.92. The van der Waals surface area contributed by atoms with Gasteiger partial charge in [-0.25, -0.2) is 4.98 Å². The Kier molecular flexibility index (Phi) is 7.89. The Labute approximate surface area is 158 Å². The summed E-state index contributed by atoms with van der Waals surface area (Å²) in [6.07, 6.45) is 0.961. The Balaban J connectivity index is 1.74. The molecule has 1 saturated heterocycles. The second-order valence-corrected chi connectivity index (χ2v) is 7.13. The molecule has 0 bridgehead atoms. The monoisotopic (exact) mass is 386 g/mol. The number of anilines is 1. The van der Waals surface area contributed by atoms with Crippen LogP contribution in [0.5, 0.6) is 0 Å². The zero-order valence-corrected chi connectivity index (χ0v) is 16.1. The molecule has 0 spiro atoms. The first-order chi connectivity index (χ1) is 12.8. The van der Waals surface area contributed by atoms with Crippen LogP contribution < -0.4 is 10.2 Å². The Morgan fingerprint density at radius 2 is 1.93 bits per heavy atom. The molecular weight excluding hydrogens is 357 g/mol. The third-order valence-corrected chi connectivity index (χ3v) is 4.79. The van der Waals surface area contributed by atoms with E-state index in [1.54, 1.807) is 0 Å². The molecule has 5 nitrogen and oxygen atoms in total. The van der Waals surface area contributed by atoms with E-state index < -0.39 is 11.7 Å². The highest BCUT2D eigenvalue weighted by Crippen LogP contribution is 2.29. The van der Waals surface area contributed by atoms with E-state index in [0.29, 0.717) is 38.5 Å². The van der Waals surface area contributed by atoms with Crippen LogP contribution in [-0.4, -0.2) is 54.6 Å². The maximum Gasteiger partial charge on any atom is 0.417 e. The minimum absolute atomic E-state index is 0.0279. The number of aromatic nitrogens is 1. The molecule has 0 aromatic carbocycles. The molecule has 2 rings (SSSR count). The number of nitrogens with one attached hydrogen (secondary N) is 1. The molecule has 152 valence electrons. The molecular formula is C19H29F3N4O. The van der Waals surface area contributed by atoms with E-state index in [0.717, 1.165) is 25.1 Å². The van der Waals surface area contributed by atoms with Crippen molar-refractivity contribution in [3.8, 4) is 0 Å². The smallest absolute Gasteiger partial charge is 0.354 e. The molecule has 8 heteroatoms. The van der Waals surface area contributed by atoms with Crippen molar-refractivity contribution in [2.45, 2.75) is 51.7 Å². The quantitative estimate of drug-likeness (QED) is 0.697. The van der Waals surface area contributed by atoms with Gasteiger partial charge in [0.1, 0.15) is 5.82 Å². The summed E-state index contributed by atoms with van der Waals surface area (Å²) in [5.41, 5.74) is -0.741. The van der Waals surface area contributed by atoms with Crippen molar-refractivity contribution in [2.75, 3.05) is 37.6 Å². The van der Waals surface area contributed by atoms with Crippen molar-refractivity contribution >= 4 is 11.7 Å². The lowest BCUT2D eigenvalue weighted by Crippen LogP contribution is -2.50. The zero-order chi connectivity index (χ0) is 19.9. The zero-order valence-electron chi connectivity index (χ0n) is 16.1. The van der Waals surface area contributed by atoms with Crippen LogP contribution in [0.25, 0.3) is 0 Å². The standard InChI is InChI=1S/C19H29F3N4O/c1-3-4-5-6-15(2)24-18(27)14-25-9-11-26(12-10-25)17-8-7-16(13-23-17)19(20,21)22/h7-8,13,15H,3-6,9-12,14H2,1-2H3,(H,24,27). The highest BCUT2D eigenvalue weighted by Gasteiger charge is 2.31. The molecule has 0 aliphatic carbocycles. The molecule has 1 aliphatic heterocycles. The highest BCUT2D eigenvalue weighted by molar-refractivity contribution is 5.78. The Morgan fingerprint density at radius 1 is 1.22 bits per heavy atom. The van der Waals surface area contributed by atoms with Crippen LogP contribution >= 0.6 is 0 Å². The summed E-state index contributed by atoms with van der Waals surface area (Å²) in [6, 6.07) is 2.65. The fourth-order valence-corrected chi connectivity index (χ4v) is 3.17. The number of hydrogen-bond acceptors (Lipinski definition) is 4. The normalized spacial score (nSPS) is 17.0. The molecule has 2 heterocycles. The van der Waals surface area contributed by atoms with Gasteiger partial charge in [0.25, 0.3) is 0 Å². The summed E-state index contributed by atoms with van der Waals surface area (Å²) in [5.74, 6) is 0.566. The van der Waals surface area contributed by atoms with Crippen molar-refractivity contribution in [3.63, 3.8) is 0 Å². The summed E-state index contributed by atoms with van der Waals surface area (Å²) in [6.45, 7) is 7.17. The van der Waals surface area contributed by atoms with Gasteiger partial charge in [0.15, 0.2) is 0 Å². The lowest BCUT2D eigenvalue weighted by atomic mass is 10.1. The molecule has 0 radical (unpaired) electrons. The molecule has 27 heavy (non-hydrogen) atoms. The second-order valence-electron chi connectivity index (χ2n) is 7.13. The van der Waals surface area contributed by atoms with Crippen molar-refractivity contribution < 1.29 is 18.0 Å². The molecule has 1 N–H and O–H groups in total. The number of amides is 1. The summed E-state index contributed by atoms with van der Waals surface area (Å²) in [5, 5.41) is 3.04. The summed E-state index contributed by atoms with van der Waals surface area (Å²) in [7, 11) is 0. The number of unbranched alkanes of at least 4 members (excludes halogenated alkanes) is 2. The Morgan fingerprint density at radius 3 is 2.48 bits per heavy atom. The van der Waals surface area contributed by atoms with E-state index in [2.05, 4.69) is 22.1 Å². The van der Waals surface area contributed by atoms with E-state index in [-0.39, 0.29) is 11.9 Å². The Bertz CT molecular complexity index is 584. The molecule has 1 aromatic rings. The fraction of sp³-hybridized carbons (Fsp3) is 0.684. The lowest BCUT2D eigenvalue weighted by Gasteiger charge is -2.35. The molecule has 1 aromatic heterocycles. The topological polar surface area (TPSA) is 48.5 Å². The van der Waals surface area contributed by atoms with Gasteiger partial charge in [-0.2, -0.15) is 13.2 Å². The van der Waals surface area contributed by atoms with Gasteiger partial charge in [-0.15, -0.1) is 0 Å². The van der Waals surface area contributed by atoms with Gasteiger partial charge in [0.05, 0.1) is 12.1 Å². The highest BCUT2D eigenvalue weighted by atomic mass is 19.4. The number of carbonyl (C=O) groups is 1. The first-order valence-electron chi connectivity index (χ1n) is 9.59. The van der Waals surface area contributed by atoms with Gasteiger partial charge in [-0.05, 0) is 25.5 Å². The molecule has 0 saturated carbocycles. The minimum Gasteiger partial charge on any atom is -0.354 e. The molecule has 1 atom stereocenters. The largest absolute Gasteiger partial charge is 0.417 e. The third kappa shape index (κ3) is 7.01. The first kappa shape index (κ1) is 21.5. The van der Waals surface area contributed by atoms with E-state index in [4.69, 9.17) is 0 Å². The fourth-order valence-electron chi connectivity index (χ4n) is 3.17. The van der Waals surface area contributed by atoms with Gasteiger partial charge in [0.2, 0.25) is 5.91 Å². The number of rotatable bonds is 8. The van der Waals surface area contributed by atoms with Crippen LogP contribution in [0.1, 0.15) is 45.1 Å². The number of alkyl halides is 3. The number of hydrogen-bond donors (Lipinski definition) is 1. The SMILES string of the molecule is CCCCCC(C)NC(=O)CN1CCN(c2ccc(C(F)(F)F)cn2)CC1. The predicted octanol–water partition coefficient (Wildman–Crippen LogP) is 3.31. The number of piperazine rings is 1. The molecule has 1 aliphatic rings.